The molecule has 0 bridgehead atoms. The van der Waals surface area contributed by atoms with Gasteiger partial charge in [0.05, 0.1) is 5.56 Å². The fourth-order valence-corrected chi connectivity index (χ4v) is 3.64. The van der Waals surface area contributed by atoms with Crippen LogP contribution in [0.1, 0.15) is 26.3 Å². The number of sulfonamides is 1. The monoisotopic (exact) mass is 329 g/mol. The number of carbonyl (C=O) groups is 2. The molecule has 1 amide bonds. The quantitative estimate of drug-likeness (QED) is 0.659. The van der Waals surface area contributed by atoms with Crippen molar-refractivity contribution in [3.8, 4) is 5.75 Å². The van der Waals surface area contributed by atoms with Gasteiger partial charge in [-0.1, -0.05) is 24.3 Å². The first-order chi connectivity index (χ1) is 10.9. The molecular formula is C16H11NO5S. The van der Waals surface area contributed by atoms with Crippen molar-refractivity contribution in [1.82, 2.24) is 4.72 Å². The van der Waals surface area contributed by atoms with Gasteiger partial charge in [0.2, 0.25) is 0 Å². The van der Waals surface area contributed by atoms with Gasteiger partial charge in [0.15, 0.2) is 5.78 Å². The van der Waals surface area contributed by atoms with E-state index in [9.17, 15) is 23.1 Å². The summed E-state index contributed by atoms with van der Waals surface area (Å²) in [5.41, 5.74) is 0.575. The van der Waals surface area contributed by atoms with Gasteiger partial charge in [-0.15, -0.1) is 0 Å². The Labute approximate surface area is 132 Å². The molecule has 23 heavy (non-hydrogen) atoms. The third-order valence-corrected chi connectivity index (χ3v) is 4.77. The lowest BCUT2D eigenvalue weighted by molar-refractivity contribution is 0.0985. The van der Waals surface area contributed by atoms with Gasteiger partial charge >= 0.3 is 0 Å². The molecule has 6 nitrogen and oxygen atoms in total. The standard InChI is InChI=1S/C16H11NO5S/c18-11-7-4-10(5-8-11)6-9-14(19)12-2-1-3-13-15(12)23(21,22)17-16(13)20/h1-9,18H,(H,17,20). The number of phenolic OH excluding ortho intramolecular Hbond substituents is 1. The highest BCUT2D eigenvalue weighted by Gasteiger charge is 2.35. The van der Waals surface area contributed by atoms with E-state index in [4.69, 9.17) is 0 Å². The fraction of sp³-hybridized carbons (Fsp3) is 0. The molecule has 116 valence electrons. The molecular weight excluding hydrogens is 318 g/mol. The van der Waals surface area contributed by atoms with Crippen LogP contribution in [0.3, 0.4) is 0 Å². The highest BCUT2D eigenvalue weighted by molar-refractivity contribution is 7.90. The largest absolute Gasteiger partial charge is 0.508 e. The third kappa shape index (κ3) is 2.74. The number of hydrogen-bond acceptors (Lipinski definition) is 5. The van der Waals surface area contributed by atoms with Crippen LogP contribution in [-0.2, 0) is 10.0 Å². The van der Waals surface area contributed by atoms with Crippen molar-refractivity contribution in [3.63, 3.8) is 0 Å². The molecule has 0 spiro atoms. The van der Waals surface area contributed by atoms with E-state index in [-0.39, 0.29) is 21.8 Å². The van der Waals surface area contributed by atoms with Crippen LogP contribution in [0, 0.1) is 0 Å². The Morgan fingerprint density at radius 3 is 2.48 bits per heavy atom. The van der Waals surface area contributed by atoms with Crippen molar-refractivity contribution in [3.05, 3.63) is 65.2 Å². The smallest absolute Gasteiger partial charge is 0.266 e. The molecule has 2 N–H and O–H groups in total. The first kappa shape index (κ1) is 15.0. The molecule has 0 saturated carbocycles. The van der Waals surface area contributed by atoms with Crippen molar-refractivity contribution < 1.29 is 23.1 Å². The predicted molar refractivity (Wildman–Crippen MR) is 82.6 cm³/mol. The van der Waals surface area contributed by atoms with Gasteiger partial charge in [0.25, 0.3) is 15.9 Å². The number of allylic oxidation sites excluding steroid dienone is 1. The summed E-state index contributed by atoms with van der Waals surface area (Å²) in [6, 6.07) is 10.3. The van der Waals surface area contributed by atoms with Crippen LogP contribution < -0.4 is 4.72 Å². The van der Waals surface area contributed by atoms with E-state index >= 15 is 0 Å². The molecule has 0 saturated heterocycles. The Hall–Kier alpha value is -2.93. The zero-order chi connectivity index (χ0) is 16.6. The minimum absolute atomic E-state index is 0.0334. The van der Waals surface area contributed by atoms with Crippen LogP contribution >= 0.6 is 0 Å². The topological polar surface area (TPSA) is 101 Å². The zero-order valence-electron chi connectivity index (χ0n) is 11.7. The average molecular weight is 329 g/mol. The van der Waals surface area contributed by atoms with Gasteiger partial charge in [0, 0.05) is 5.56 Å². The molecule has 0 atom stereocenters. The van der Waals surface area contributed by atoms with Gasteiger partial charge in [0.1, 0.15) is 10.6 Å². The van der Waals surface area contributed by atoms with Crippen molar-refractivity contribution in [2.75, 3.05) is 0 Å². The highest BCUT2D eigenvalue weighted by atomic mass is 32.2. The minimum atomic E-state index is -4.01. The molecule has 0 unspecified atom stereocenters. The van der Waals surface area contributed by atoms with Crippen LogP contribution in [0.5, 0.6) is 5.75 Å². The number of rotatable bonds is 3. The lowest BCUT2D eigenvalue weighted by Gasteiger charge is -2.02. The number of nitrogens with one attached hydrogen (secondary N) is 1. The van der Waals surface area contributed by atoms with Crippen LogP contribution in [0.15, 0.2) is 53.4 Å². The number of aromatic hydroxyl groups is 1. The van der Waals surface area contributed by atoms with E-state index in [1.165, 1.54) is 42.5 Å². The molecule has 0 radical (unpaired) electrons. The fourth-order valence-electron chi connectivity index (χ4n) is 2.27. The second-order valence-corrected chi connectivity index (χ2v) is 6.53. The summed E-state index contributed by atoms with van der Waals surface area (Å²) in [6.07, 6.45) is 2.72. The maximum absolute atomic E-state index is 12.3. The van der Waals surface area contributed by atoms with E-state index in [2.05, 4.69) is 0 Å². The third-order valence-electron chi connectivity index (χ3n) is 3.34. The number of phenols is 1. The number of carbonyl (C=O) groups excluding carboxylic acids is 2. The molecule has 2 aromatic carbocycles. The normalized spacial score (nSPS) is 15.4. The van der Waals surface area contributed by atoms with Crippen LogP contribution in [0.2, 0.25) is 0 Å². The Morgan fingerprint density at radius 1 is 1.09 bits per heavy atom. The lowest BCUT2D eigenvalue weighted by Crippen LogP contribution is -2.21. The molecule has 1 aliphatic heterocycles. The second-order valence-electron chi connectivity index (χ2n) is 4.91. The SMILES string of the molecule is O=C(C=Cc1ccc(O)cc1)c1cccc2c1S(=O)(=O)NC2=O. The summed E-state index contributed by atoms with van der Waals surface area (Å²) in [4.78, 5) is 23.6. The zero-order valence-corrected chi connectivity index (χ0v) is 12.5. The van der Waals surface area contributed by atoms with E-state index < -0.39 is 21.7 Å². The maximum Gasteiger partial charge on any atom is 0.266 e. The van der Waals surface area contributed by atoms with E-state index in [1.807, 2.05) is 4.72 Å². The van der Waals surface area contributed by atoms with Crippen molar-refractivity contribution in [2.45, 2.75) is 4.90 Å². The predicted octanol–water partition coefficient (Wildman–Crippen LogP) is 1.72. The Kier molecular flexibility index (Phi) is 3.49. The van der Waals surface area contributed by atoms with E-state index in [0.29, 0.717) is 5.56 Å². The number of amides is 1. The van der Waals surface area contributed by atoms with Crippen LogP contribution in [0.4, 0.5) is 0 Å². The molecule has 2 aromatic rings. The minimum Gasteiger partial charge on any atom is -0.508 e. The van der Waals surface area contributed by atoms with Gasteiger partial charge in [-0.3, -0.25) is 9.59 Å². The highest BCUT2D eigenvalue weighted by Crippen LogP contribution is 2.27. The first-order valence-electron chi connectivity index (χ1n) is 6.60. The summed E-state index contributed by atoms with van der Waals surface area (Å²) in [6.45, 7) is 0. The van der Waals surface area contributed by atoms with E-state index in [1.54, 1.807) is 12.1 Å². The molecule has 1 heterocycles. The van der Waals surface area contributed by atoms with E-state index in [0.717, 1.165) is 0 Å². The van der Waals surface area contributed by atoms with Gasteiger partial charge in [-0.25, -0.2) is 13.1 Å². The second kappa shape index (κ2) is 5.36. The summed E-state index contributed by atoms with van der Waals surface area (Å²) in [5, 5.41) is 9.20. The Balaban J connectivity index is 1.99. The molecule has 3 rings (SSSR count). The molecule has 0 aliphatic carbocycles. The molecule has 0 fully saturated rings. The number of hydrogen-bond donors (Lipinski definition) is 2. The Bertz CT molecular complexity index is 943. The summed E-state index contributed by atoms with van der Waals surface area (Å²) >= 11 is 0. The lowest BCUT2D eigenvalue weighted by atomic mass is 10.1. The summed E-state index contributed by atoms with van der Waals surface area (Å²) < 4.78 is 25.8. The molecule has 7 heteroatoms. The number of ketones is 1. The van der Waals surface area contributed by atoms with Gasteiger partial charge < -0.3 is 5.11 Å². The van der Waals surface area contributed by atoms with Gasteiger partial charge in [-0.2, -0.15) is 0 Å². The van der Waals surface area contributed by atoms with Crippen molar-refractivity contribution in [1.29, 1.82) is 0 Å². The summed E-state index contributed by atoms with van der Waals surface area (Å²) in [5.74, 6) is -1.17. The van der Waals surface area contributed by atoms with Gasteiger partial charge in [-0.05, 0) is 35.9 Å². The number of benzene rings is 2. The average Bonchev–Trinajstić information content (AvgIpc) is 2.76. The van der Waals surface area contributed by atoms with Crippen molar-refractivity contribution >= 4 is 27.8 Å². The molecule has 1 aliphatic rings. The number of fused-ring (bicyclic) bond motifs is 1. The molecule has 0 aromatic heterocycles. The van der Waals surface area contributed by atoms with Crippen LogP contribution in [-0.4, -0.2) is 25.2 Å². The maximum atomic E-state index is 12.3. The van der Waals surface area contributed by atoms with Crippen molar-refractivity contribution in [2.24, 2.45) is 0 Å². The summed E-state index contributed by atoms with van der Waals surface area (Å²) in [7, 11) is -4.01. The van der Waals surface area contributed by atoms with Crippen LogP contribution in [0.25, 0.3) is 6.08 Å². The first-order valence-corrected chi connectivity index (χ1v) is 8.08. The Morgan fingerprint density at radius 2 is 1.78 bits per heavy atom.